The van der Waals surface area contributed by atoms with Crippen LogP contribution in [0.4, 0.5) is 10.8 Å². The second-order valence-corrected chi connectivity index (χ2v) is 7.74. The molecule has 1 aromatic heterocycles. The highest BCUT2D eigenvalue weighted by Gasteiger charge is 2.18. The van der Waals surface area contributed by atoms with Gasteiger partial charge in [-0.2, -0.15) is 0 Å². The lowest BCUT2D eigenvalue weighted by Crippen LogP contribution is -2.12. The second kappa shape index (κ2) is 6.61. The van der Waals surface area contributed by atoms with E-state index in [4.69, 9.17) is 0 Å². The summed E-state index contributed by atoms with van der Waals surface area (Å²) in [5, 5.41) is 13.2. The molecule has 0 spiro atoms. The van der Waals surface area contributed by atoms with Gasteiger partial charge in [0.05, 0.1) is 21.1 Å². The van der Waals surface area contributed by atoms with Gasteiger partial charge < -0.3 is 0 Å². The Bertz CT molecular complexity index is 1030. The number of anilines is 1. The van der Waals surface area contributed by atoms with Crippen molar-refractivity contribution in [3.05, 3.63) is 69.7 Å². The Morgan fingerprint density at radius 2 is 1.80 bits per heavy atom. The van der Waals surface area contributed by atoms with E-state index in [2.05, 4.69) is 9.71 Å². The molecule has 0 aliphatic carbocycles. The SMILES string of the molecule is Cc1csc(NS(=O)(=O)c2ccc(-c3ccccc3[N+](=O)[O-])cc2)n1. The van der Waals surface area contributed by atoms with Crippen LogP contribution >= 0.6 is 11.3 Å². The first-order valence-corrected chi connectivity index (χ1v) is 9.52. The topological polar surface area (TPSA) is 102 Å². The first kappa shape index (κ1) is 17.1. The molecule has 9 heteroatoms. The highest BCUT2D eigenvalue weighted by Crippen LogP contribution is 2.30. The first-order chi connectivity index (χ1) is 11.9. The van der Waals surface area contributed by atoms with E-state index in [0.717, 1.165) is 5.69 Å². The maximum absolute atomic E-state index is 12.4. The van der Waals surface area contributed by atoms with Crippen molar-refractivity contribution in [3.63, 3.8) is 0 Å². The molecular weight excluding hydrogens is 362 g/mol. The largest absolute Gasteiger partial charge is 0.277 e. The molecule has 25 heavy (non-hydrogen) atoms. The third-order valence-corrected chi connectivity index (χ3v) is 5.78. The van der Waals surface area contributed by atoms with Crippen molar-refractivity contribution >= 4 is 32.2 Å². The summed E-state index contributed by atoms with van der Waals surface area (Å²) >= 11 is 1.20. The molecule has 0 saturated heterocycles. The summed E-state index contributed by atoms with van der Waals surface area (Å²) in [6.07, 6.45) is 0. The van der Waals surface area contributed by atoms with E-state index in [1.807, 2.05) is 0 Å². The van der Waals surface area contributed by atoms with E-state index in [-0.39, 0.29) is 10.6 Å². The number of benzene rings is 2. The minimum atomic E-state index is -3.76. The minimum Gasteiger partial charge on any atom is -0.258 e. The van der Waals surface area contributed by atoms with Crippen molar-refractivity contribution in [1.29, 1.82) is 0 Å². The van der Waals surface area contributed by atoms with E-state index in [1.165, 1.54) is 29.5 Å². The summed E-state index contributed by atoms with van der Waals surface area (Å²) in [6, 6.07) is 12.2. The molecule has 2 aromatic carbocycles. The van der Waals surface area contributed by atoms with Crippen LogP contribution in [0.5, 0.6) is 0 Å². The zero-order valence-corrected chi connectivity index (χ0v) is 14.7. The number of hydrogen-bond donors (Lipinski definition) is 1. The van der Waals surface area contributed by atoms with E-state index in [0.29, 0.717) is 16.3 Å². The average Bonchev–Trinajstić information content (AvgIpc) is 2.99. The van der Waals surface area contributed by atoms with Crippen LogP contribution in [0.25, 0.3) is 11.1 Å². The van der Waals surface area contributed by atoms with Crippen molar-refractivity contribution in [2.75, 3.05) is 4.72 Å². The van der Waals surface area contributed by atoms with Crippen LogP contribution in [0.15, 0.2) is 58.8 Å². The number of nitro benzene ring substituents is 1. The third kappa shape index (κ3) is 3.67. The Morgan fingerprint density at radius 1 is 1.12 bits per heavy atom. The molecule has 0 aliphatic rings. The summed E-state index contributed by atoms with van der Waals surface area (Å²) in [5.41, 5.74) is 1.69. The van der Waals surface area contributed by atoms with Crippen LogP contribution < -0.4 is 4.72 Å². The first-order valence-electron chi connectivity index (χ1n) is 7.15. The number of nitrogens with one attached hydrogen (secondary N) is 1. The van der Waals surface area contributed by atoms with Gasteiger partial charge in [-0.25, -0.2) is 13.4 Å². The molecule has 3 aromatic rings. The van der Waals surface area contributed by atoms with E-state index < -0.39 is 14.9 Å². The summed E-state index contributed by atoms with van der Waals surface area (Å²) in [4.78, 5) is 14.8. The van der Waals surface area contributed by atoms with Crippen molar-refractivity contribution in [3.8, 4) is 11.1 Å². The number of thiazole rings is 1. The van der Waals surface area contributed by atoms with Crippen LogP contribution in [-0.4, -0.2) is 18.3 Å². The number of para-hydroxylation sites is 1. The Hall–Kier alpha value is -2.78. The highest BCUT2D eigenvalue weighted by atomic mass is 32.2. The van der Waals surface area contributed by atoms with Gasteiger partial charge in [-0.1, -0.05) is 24.3 Å². The van der Waals surface area contributed by atoms with Gasteiger partial charge in [-0.15, -0.1) is 11.3 Å². The molecule has 7 nitrogen and oxygen atoms in total. The molecule has 0 bridgehead atoms. The zero-order valence-electron chi connectivity index (χ0n) is 13.0. The van der Waals surface area contributed by atoms with E-state index in [1.54, 1.807) is 42.6 Å². The average molecular weight is 375 g/mol. The van der Waals surface area contributed by atoms with Crippen LogP contribution in [-0.2, 0) is 10.0 Å². The lowest BCUT2D eigenvalue weighted by Gasteiger charge is -2.07. The molecule has 0 radical (unpaired) electrons. The van der Waals surface area contributed by atoms with Crippen molar-refractivity contribution in [2.45, 2.75) is 11.8 Å². The highest BCUT2D eigenvalue weighted by molar-refractivity contribution is 7.93. The van der Waals surface area contributed by atoms with Gasteiger partial charge in [0.2, 0.25) is 0 Å². The van der Waals surface area contributed by atoms with E-state index in [9.17, 15) is 18.5 Å². The number of rotatable bonds is 5. The quantitative estimate of drug-likeness (QED) is 0.539. The smallest absolute Gasteiger partial charge is 0.258 e. The maximum Gasteiger partial charge on any atom is 0.277 e. The van der Waals surface area contributed by atoms with Gasteiger partial charge in [0, 0.05) is 11.4 Å². The van der Waals surface area contributed by atoms with Gasteiger partial charge in [-0.3, -0.25) is 14.8 Å². The van der Waals surface area contributed by atoms with Gasteiger partial charge >= 0.3 is 0 Å². The van der Waals surface area contributed by atoms with Gasteiger partial charge in [-0.05, 0) is 30.7 Å². The standard InChI is InChI=1S/C16H13N3O4S2/c1-11-10-24-16(17-11)18-25(22,23)13-8-6-12(7-9-13)14-4-2-3-5-15(14)19(20)21/h2-10H,1H3,(H,17,18). The van der Waals surface area contributed by atoms with Crippen molar-refractivity contribution in [1.82, 2.24) is 4.98 Å². The fourth-order valence-corrected chi connectivity index (χ4v) is 4.21. The van der Waals surface area contributed by atoms with Crippen LogP contribution in [0.2, 0.25) is 0 Å². The second-order valence-electron chi connectivity index (χ2n) is 5.20. The number of hydrogen-bond acceptors (Lipinski definition) is 6. The number of nitro groups is 1. The molecule has 3 rings (SSSR count). The van der Waals surface area contributed by atoms with Gasteiger partial charge in [0.15, 0.2) is 5.13 Å². The fourth-order valence-electron chi connectivity index (χ4n) is 2.27. The monoisotopic (exact) mass is 375 g/mol. The van der Waals surface area contributed by atoms with Crippen molar-refractivity contribution in [2.24, 2.45) is 0 Å². The molecule has 1 heterocycles. The Labute approximate surface area is 148 Å². The number of aryl methyl sites for hydroxylation is 1. The zero-order chi connectivity index (χ0) is 18.0. The fraction of sp³-hybridized carbons (Fsp3) is 0.0625. The third-order valence-electron chi connectivity index (χ3n) is 3.42. The summed E-state index contributed by atoms with van der Waals surface area (Å²) in [5.74, 6) is 0. The Morgan fingerprint density at radius 3 is 2.40 bits per heavy atom. The molecule has 0 aliphatic heterocycles. The van der Waals surface area contributed by atoms with Crippen molar-refractivity contribution < 1.29 is 13.3 Å². The van der Waals surface area contributed by atoms with Gasteiger partial charge in [0.25, 0.3) is 15.7 Å². The summed E-state index contributed by atoms with van der Waals surface area (Å²) < 4.78 is 27.2. The molecule has 0 fully saturated rings. The number of nitrogens with zero attached hydrogens (tertiary/aromatic N) is 2. The molecule has 0 atom stereocenters. The maximum atomic E-state index is 12.4. The normalized spacial score (nSPS) is 11.2. The molecule has 128 valence electrons. The van der Waals surface area contributed by atoms with Crippen LogP contribution in [0.1, 0.15) is 5.69 Å². The molecule has 0 unspecified atom stereocenters. The summed E-state index contributed by atoms with van der Waals surface area (Å²) in [6.45, 7) is 1.77. The molecule has 1 N–H and O–H groups in total. The van der Waals surface area contributed by atoms with Crippen LogP contribution in [0, 0.1) is 17.0 Å². The lowest BCUT2D eigenvalue weighted by molar-refractivity contribution is -0.384. The van der Waals surface area contributed by atoms with Crippen LogP contribution in [0.3, 0.4) is 0 Å². The van der Waals surface area contributed by atoms with Gasteiger partial charge in [0.1, 0.15) is 0 Å². The predicted octanol–water partition coefficient (Wildman–Crippen LogP) is 3.83. The Kier molecular flexibility index (Phi) is 4.51. The Balaban J connectivity index is 1.91. The molecule has 0 amide bonds. The molecule has 0 saturated carbocycles. The van der Waals surface area contributed by atoms with E-state index >= 15 is 0 Å². The minimum absolute atomic E-state index is 0.0329. The lowest BCUT2D eigenvalue weighted by atomic mass is 10.0. The number of aromatic nitrogens is 1. The summed E-state index contributed by atoms with van der Waals surface area (Å²) in [7, 11) is -3.76. The molecular formula is C16H13N3O4S2. The predicted molar refractivity (Wildman–Crippen MR) is 96.2 cm³/mol. The number of sulfonamides is 1.